The Labute approximate surface area is 206 Å². The molecule has 2 aromatic rings. The van der Waals surface area contributed by atoms with Crippen molar-refractivity contribution in [2.45, 2.75) is 22.4 Å². The van der Waals surface area contributed by atoms with Crippen LogP contribution in [0.1, 0.15) is 23.1 Å². The zero-order valence-corrected chi connectivity index (χ0v) is 21.3. The molecule has 1 saturated heterocycles. The van der Waals surface area contributed by atoms with Crippen LogP contribution in [0.3, 0.4) is 0 Å². The number of piperazine rings is 1. The fourth-order valence-corrected chi connectivity index (χ4v) is 7.07. The number of hydrogen-bond donors (Lipinski definition) is 0. The quantitative estimate of drug-likeness (QED) is 0.388. The van der Waals surface area contributed by atoms with Gasteiger partial charge >= 0.3 is 6.18 Å². The normalized spacial score (nSPS) is 18.6. The van der Waals surface area contributed by atoms with Gasteiger partial charge in [0.2, 0.25) is 0 Å². The minimum atomic E-state index is -4.37. The van der Waals surface area contributed by atoms with Crippen molar-refractivity contribution in [3.05, 3.63) is 65.2 Å². The van der Waals surface area contributed by atoms with Gasteiger partial charge in [-0.25, -0.2) is 8.42 Å². The van der Waals surface area contributed by atoms with Crippen molar-refractivity contribution in [2.75, 3.05) is 51.3 Å². The van der Waals surface area contributed by atoms with E-state index in [9.17, 15) is 21.6 Å². The van der Waals surface area contributed by atoms with Crippen LogP contribution >= 0.6 is 22.6 Å². The average molecular weight is 529 g/mol. The van der Waals surface area contributed by atoms with Crippen LogP contribution in [-0.4, -0.2) is 69.5 Å². The molecule has 1 fully saturated rings. The van der Waals surface area contributed by atoms with Crippen molar-refractivity contribution in [3.8, 4) is 0 Å². The summed E-state index contributed by atoms with van der Waals surface area (Å²) in [5.74, 6) is 0.571. The van der Waals surface area contributed by atoms with E-state index in [0.717, 1.165) is 83.5 Å². The van der Waals surface area contributed by atoms with Gasteiger partial charge in [-0.15, -0.1) is 0 Å². The van der Waals surface area contributed by atoms with E-state index in [1.54, 1.807) is 6.07 Å². The Morgan fingerprint density at radius 2 is 1.62 bits per heavy atom. The first-order chi connectivity index (χ1) is 16.1. The van der Waals surface area contributed by atoms with Crippen LogP contribution in [0, 0.1) is 0 Å². The number of benzene rings is 2. The molecule has 0 unspecified atom stereocenters. The predicted molar refractivity (Wildman–Crippen MR) is 134 cm³/mol. The van der Waals surface area contributed by atoms with Crippen LogP contribution in [0.2, 0.25) is 0 Å². The Balaban J connectivity index is 1.41. The van der Waals surface area contributed by atoms with Crippen LogP contribution in [0.5, 0.6) is 0 Å². The molecule has 0 aromatic heterocycles. The molecule has 2 aliphatic rings. The molecule has 10 heteroatoms. The van der Waals surface area contributed by atoms with E-state index >= 15 is 0 Å². The van der Waals surface area contributed by atoms with Crippen molar-refractivity contribution in [1.82, 2.24) is 9.80 Å². The van der Waals surface area contributed by atoms with Crippen molar-refractivity contribution in [3.63, 3.8) is 0 Å². The van der Waals surface area contributed by atoms with Crippen LogP contribution in [-0.2, 0) is 15.0 Å². The van der Waals surface area contributed by atoms with Crippen molar-refractivity contribution >= 4 is 37.0 Å². The van der Waals surface area contributed by atoms with E-state index in [2.05, 4.69) is 15.9 Å². The Morgan fingerprint density at radius 1 is 0.971 bits per heavy atom. The molecule has 0 radical (unpaired) electrons. The second-order valence-electron chi connectivity index (χ2n) is 8.42. The first kappa shape index (κ1) is 25.6. The van der Waals surface area contributed by atoms with E-state index < -0.39 is 20.6 Å². The number of alkyl halides is 3. The molecule has 4 nitrogen and oxygen atoms in total. The number of nitrogens with zero attached hydrogens (tertiary/aromatic N) is 2. The molecule has 0 atom stereocenters. The number of fused-ring (bicyclic) bond motifs is 2. The van der Waals surface area contributed by atoms with Crippen molar-refractivity contribution < 1.29 is 21.6 Å². The van der Waals surface area contributed by atoms with E-state index in [-0.39, 0.29) is 0 Å². The first-order valence-electron chi connectivity index (χ1n) is 11.1. The van der Waals surface area contributed by atoms with Gasteiger partial charge < -0.3 is 4.90 Å². The topological polar surface area (TPSA) is 40.6 Å². The van der Waals surface area contributed by atoms with Gasteiger partial charge in [-0.2, -0.15) is 13.2 Å². The van der Waals surface area contributed by atoms with Crippen LogP contribution < -0.4 is 0 Å². The highest BCUT2D eigenvalue weighted by atomic mass is 33.1. The summed E-state index contributed by atoms with van der Waals surface area (Å²) in [5.41, 5.74) is 1.87. The third kappa shape index (κ3) is 6.60. The molecular weight excluding hydrogens is 501 g/mol. The minimum Gasteiger partial charge on any atom is -0.300 e. The molecule has 0 spiro atoms. The Kier molecular flexibility index (Phi) is 8.03. The van der Waals surface area contributed by atoms with Crippen LogP contribution in [0.25, 0.3) is 5.57 Å². The first-order valence-corrected chi connectivity index (χ1v) is 15.3. The summed E-state index contributed by atoms with van der Waals surface area (Å²) < 4.78 is 62.7. The largest absolute Gasteiger partial charge is 0.416 e. The van der Waals surface area contributed by atoms with E-state index in [4.69, 9.17) is 0 Å². The summed E-state index contributed by atoms with van der Waals surface area (Å²) in [6, 6.07) is 11.9. The number of halogens is 3. The molecule has 2 aliphatic heterocycles. The van der Waals surface area contributed by atoms with E-state index in [0.29, 0.717) is 11.3 Å². The van der Waals surface area contributed by atoms with Crippen molar-refractivity contribution in [1.29, 1.82) is 0 Å². The second kappa shape index (κ2) is 10.7. The second-order valence-corrected chi connectivity index (χ2v) is 14.1. The van der Waals surface area contributed by atoms with E-state index in [1.807, 2.05) is 24.3 Å². The molecular formula is C24H27F3N2O2S3. The zero-order chi connectivity index (χ0) is 24.3. The molecule has 2 aromatic carbocycles. The zero-order valence-electron chi connectivity index (χ0n) is 18.8. The molecule has 0 saturated carbocycles. The molecule has 4 rings (SSSR count). The lowest BCUT2D eigenvalue weighted by molar-refractivity contribution is -0.137. The lowest BCUT2D eigenvalue weighted by atomic mass is 9.94. The molecule has 0 aliphatic carbocycles. The highest BCUT2D eigenvalue weighted by Crippen LogP contribution is 2.47. The highest BCUT2D eigenvalue weighted by molar-refractivity contribution is 8.71. The average Bonchev–Trinajstić information content (AvgIpc) is 2.78. The maximum Gasteiger partial charge on any atom is 0.416 e. The van der Waals surface area contributed by atoms with E-state index in [1.165, 1.54) is 24.1 Å². The molecule has 2 heterocycles. The Bertz CT molecular complexity index is 1160. The highest BCUT2D eigenvalue weighted by Gasteiger charge is 2.32. The SMILES string of the molecule is CS(=O)(=O)SCCN1CCN(CCC=C2c3ccccc3Sc3ccc(C(F)(F)F)cc32)CC1. The fraction of sp³-hybridized carbons (Fsp3) is 0.417. The number of rotatable bonds is 7. The van der Waals surface area contributed by atoms with Crippen molar-refractivity contribution in [2.24, 2.45) is 0 Å². The number of hydrogen-bond acceptors (Lipinski definition) is 6. The smallest absolute Gasteiger partial charge is 0.300 e. The monoisotopic (exact) mass is 528 g/mol. The van der Waals surface area contributed by atoms with Gasteiger partial charge in [0, 0.05) is 61.1 Å². The molecule has 184 valence electrons. The van der Waals surface area contributed by atoms with Gasteiger partial charge in [-0.3, -0.25) is 4.90 Å². The maximum absolute atomic E-state index is 13.4. The fourth-order valence-electron chi connectivity index (χ4n) is 4.21. The summed E-state index contributed by atoms with van der Waals surface area (Å²) in [6.45, 7) is 5.15. The van der Waals surface area contributed by atoms with Gasteiger partial charge in [-0.05, 0) is 58.2 Å². The summed E-state index contributed by atoms with van der Waals surface area (Å²) in [7, 11) is -2.02. The third-order valence-corrected chi connectivity index (χ3v) is 9.67. The molecule has 0 N–H and O–H groups in total. The third-order valence-electron chi connectivity index (χ3n) is 5.96. The summed E-state index contributed by atoms with van der Waals surface area (Å²) in [6.07, 6.45) is -0.322. The summed E-state index contributed by atoms with van der Waals surface area (Å²) in [5, 5.41) is 0. The summed E-state index contributed by atoms with van der Waals surface area (Å²) >= 11 is 1.51. The predicted octanol–water partition coefficient (Wildman–Crippen LogP) is 5.30. The standard InChI is InChI=1S/C24H27F3N2O2S3/c1-34(30,31)32-16-15-29-13-11-28(12-14-29)10-4-6-19-20-5-2-3-7-22(20)33-23-9-8-18(17-21(19)23)24(25,26)27/h2-3,5-9,17H,4,10-16H2,1H3. The Morgan fingerprint density at radius 3 is 2.29 bits per heavy atom. The van der Waals surface area contributed by atoms with Crippen LogP contribution in [0.15, 0.2) is 58.3 Å². The van der Waals surface area contributed by atoms with Gasteiger partial charge in [-0.1, -0.05) is 36.0 Å². The lowest BCUT2D eigenvalue weighted by Gasteiger charge is -2.34. The van der Waals surface area contributed by atoms with Gasteiger partial charge in [0.05, 0.1) is 5.56 Å². The lowest BCUT2D eigenvalue weighted by Crippen LogP contribution is -2.47. The minimum absolute atomic E-state index is 0.571. The Hall–Kier alpha value is -1.46. The molecule has 0 bridgehead atoms. The van der Waals surface area contributed by atoms with Gasteiger partial charge in [0.25, 0.3) is 0 Å². The molecule has 34 heavy (non-hydrogen) atoms. The molecule has 0 amide bonds. The van der Waals surface area contributed by atoms with Gasteiger partial charge in [0.15, 0.2) is 8.87 Å². The van der Waals surface area contributed by atoms with Crippen LogP contribution in [0.4, 0.5) is 13.2 Å². The summed E-state index contributed by atoms with van der Waals surface area (Å²) in [4.78, 5) is 6.53. The van der Waals surface area contributed by atoms with Gasteiger partial charge in [0.1, 0.15) is 0 Å². The maximum atomic E-state index is 13.4.